The molecule has 0 bridgehead atoms. The van der Waals surface area contributed by atoms with Gasteiger partial charge in [0.1, 0.15) is 0 Å². The molecule has 3 heteroatoms. The predicted octanol–water partition coefficient (Wildman–Crippen LogP) is 4.75. The van der Waals surface area contributed by atoms with Gasteiger partial charge in [0.05, 0.1) is 5.69 Å². The van der Waals surface area contributed by atoms with Crippen molar-refractivity contribution in [3.05, 3.63) is 64.7 Å². The molecule has 3 nitrogen and oxygen atoms in total. The summed E-state index contributed by atoms with van der Waals surface area (Å²) in [6.45, 7) is 9.75. The number of benzene rings is 2. The third kappa shape index (κ3) is 4.07. The summed E-state index contributed by atoms with van der Waals surface area (Å²) in [6, 6.07) is 13.0. The molecule has 0 aliphatic carbocycles. The third-order valence-corrected chi connectivity index (χ3v) is 3.79. The highest BCUT2D eigenvalue weighted by atomic mass is 16.1. The highest BCUT2D eigenvalue weighted by Crippen LogP contribution is 2.28. The number of aryl methyl sites for hydroxylation is 1. The van der Waals surface area contributed by atoms with Gasteiger partial charge in [-0.05, 0) is 49.1 Å². The van der Waals surface area contributed by atoms with E-state index in [4.69, 9.17) is 0 Å². The second-order valence-electron chi connectivity index (χ2n) is 6.89. The second kappa shape index (κ2) is 6.37. The van der Waals surface area contributed by atoms with E-state index < -0.39 is 0 Å². The number of rotatable bonds is 3. The molecule has 1 N–H and O–H groups in total. The Hall–Kier alpha value is -2.42. The van der Waals surface area contributed by atoms with E-state index in [0.29, 0.717) is 16.8 Å². The Kier molecular flexibility index (Phi) is 4.69. The molecule has 0 aliphatic heterocycles. The largest absolute Gasteiger partial charge is 0.321 e. The Balaban J connectivity index is 2.40. The van der Waals surface area contributed by atoms with Gasteiger partial charge in [-0.15, -0.1) is 0 Å². The van der Waals surface area contributed by atoms with Crippen LogP contribution < -0.4 is 5.32 Å². The normalized spacial score (nSPS) is 11.2. The quantitative estimate of drug-likeness (QED) is 0.832. The van der Waals surface area contributed by atoms with Crippen molar-refractivity contribution in [3.63, 3.8) is 0 Å². The highest BCUT2D eigenvalue weighted by Gasteiger charge is 2.18. The average Bonchev–Trinajstić information content (AvgIpc) is 2.46. The van der Waals surface area contributed by atoms with E-state index in [1.165, 1.54) is 6.92 Å². The molecule has 0 aliphatic rings. The fourth-order valence-electron chi connectivity index (χ4n) is 2.40. The Morgan fingerprint density at radius 2 is 1.70 bits per heavy atom. The van der Waals surface area contributed by atoms with E-state index in [0.717, 1.165) is 11.1 Å². The summed E-state index contributed by atoms with van der Waals surface area (Å²) in [5.74, 6) is -0.271. The molecule has 23 heavy (non-hydrogen) atoms. The first-order chi connectivity index (χ1) is 10.7. The summed E-state index contributed by atoms with van der Waals surface area (Å²) < 4.78 is 0. The van der Waals surface area contributed by atoms with E-state index in [2.05, 4.69) is 26.1 Å². The van der Waals surface area contributed by atoms with Crippen LogP contribution in [0.5, 0.6) is 0 Å². The van der Waals surface area contributed by atoms with Gasteiger partial charge in [-0.2, -0.15) is 0 Å². The minimum atomic E-state index is -0.206. The van der Waals surface area contributed by atoms with Crippen LogP contribution in [0.2, 0.25) is 0 Å². The van der Waals surface area contributed by atoms with E-state index in [-0.39, 0.29) is 17.1 Å². The summed E-state index contributed by atoms with van der Waals surface area (Å²) in [6.07, 6.45) is 0. The number of carbonyl (C=O) groups is 2. The highest BCUT2D eigenvalue weighted by molar-refractivity contribution is 6.09. The molecule has 0 atom stereocenters. The first kappa shape index (κ1) is 16.9. The molecule has 120 valence electrons. The molecule has 0 spiro atoms. The van der Waals surface area contributed by atoms with Crippen molar-refractivity contribution in [1.29, 1.82) is 0 Å². The zero-order chi connectivity index (χ0) is 17.2. The summed E-state index contributed by atoms with van der Waals surface area (Å²) in [4.78, 5) is 24.3. The van der Waals surface area contributed by atoms with Crippen LogP contribution in [0, 0.1) is 6.92 Å². The number of carbonyl (C=O) groups excluding carboxylic acids is 2. The smallest absolute Gasteiger partial charge is 0.255 e. The van der Waals surface area contributed by atoms with Crippen molar-refractivity contribution in [1.82, 2.24) is 0 Å². The standard InChI is InChI=1S/C20H23NO2/c1-13-7-6-8-15(11-13)19(23)21-18-12-16(20(3,4)5)9-10-17(18)14(2)22/h6-12H,1-5H3,(H,21,23). The zero-order valence-electron chi connectivity index (χ0n) is 14.4. The van der Waals surface area contributed by atoms with Crippen LogP contribution in [0.4, 0.5) is 5.69 Å². The van der Waals surface area contributed by atoms with Gasteiger partial charge >= 0.3 is 0 Å². The predicted molar refractivity (Wildman–Crippen MR) is 94.3 cm³/mol. The summed E-state index contributed by atoms with van der Waals surface area (Å²) in [7, 11) is 0. The molecule has 0 radical (unpaired) electrons. The molecule has 0 saturated heterocycles. The first-order valence-electron chi connectivity index (χ1n) is 7.72. The van der Waals surface area contributed by atoms with Crippen LogP contribution >= 0.6 is 0 Å². The summed E-state index contributed by atoms with van der Waals surface area (Å²) >= 11 is 0. The monoisotopic (exact) mass is 309 g/mol. The van der Waals surface area contributed by atoms with Gasteiger partial charge < -0.3 is 5.32 Å². The van der Waals surface area contributed by atoms with Crippen molar-refractivity contribution in [3.8, 4) is 0 Å². The molecule has 0 fully saturated rings. The fourth-order valence-corrected chi connectivity index (χ4v) is 2.40. The SMILES string of the molecule is CC(=O)c1ccc(C(C)(C)C)cc1NC(=O)c1cccc(C)c1. The van der Waals surface area contributed by atoms with E-state index in [1.54, 1.807) is 12.1 Å². The maximum absolute atomic E-state index is 12.5. The van der Waals surface area contributed by atoms with Gasteiger partial charge in [0.25, 0.3) is 5.91 Å². The molecule has 0 heterocycles. The summed E-state index contributed by atoms with van der Waals surface area (Å²) in [5, 5.41) is 2.89. The topological polar surface area (TPSA) is 46.2 Å². The van der Waals surface area contributed by atoms with Gasteiger partial charge in [0.15, 0.2) is 5.78 Å². The first-order valence-corrected chi connectivity index (χ1v) is 7.72. The third-order valence-electron chi connectivity index (χ3n) is 3.79. The Bertz CT molecular complexity index is 754. The van der Waals surface area contributed by atoms with Crippen LogP contribution in [0.25, 0.3) is 0 Å². The van der Waals surface area contributed by atoms with Gasteiger partial charge in [0, 0.05) is 11.1 Å². The number of Topliss-reactive ketones (excluding diaryl/α,β-unsaturated/α-hetero) is 1. The molecule has 0 saturated carbocycles. The second-order valence-corrected chi connectivity index (χ2v) is 6.89. The molecular weight excluding hydrogens is 286 g/mol. The van der Waals surface area contributed by atoms with Crippen molar-refractivity contribution in [2.75, 3.05) is 5.32 Å². The molecule has 2 aromatic rings. The van der Waals surface area contributed by atoms with Gasteiger partial charge in [0.2, 0.25) is 0 Å². The van der Waals surface area contributed by atoms with Crippen molar-refractivity contribution in [2.24, 2.45) is 0 Å². The minimum absolute atomic E-state index is 0.0574. The average molecular weight is 309 g/mol. The van der Waals surface area contributed by atoms with Crippen molar-refractivity contribution in [2.45, 2.75) is 40.0 Å². The van der Waals surface area contributed by atoms with Crippen molar-refractivity contribution >= 4 is 17.4 Å². The van der Waals surface area contributed by atoms with Crippen LogP contribution in [0.15, 0.2) is 42.5 Å². The Labute approximate surface area is 137 Å². The van der Waals surface area contributed by atoms with Gasteiger partial charge in [-0.25, -0.2) is 0 Å². The number of ketones is 1. The zero-order valence-corrected chi connectivity index (χ0v) is 14.4. The number of anilines is 1. The Morgan fingerprint density at radius 1 is 1.00 bits per heavy atom. The molecule has 0 unspecified atom stereocenters. The van der Waals surface area contributed by atoms with Crippen molar-refractivity contribution < 1.29 is 9.59 Å². The maximum Gasteiger partial charge on any atom is 0.255 e. The summed E-state index contributed by atoms with van der Waals surface area (Å²) in [5.41, 5.74) is 3.71. The lowest BCUT2D eigenvalue weighted by Crippen LogP contribution is -2.17. The Morgan fingerprint density at radius 3 is 2.26 bits per heavy atom. The van der Waals surface area contributed by atoms with E-state index in [1.807, 2.05) is 37.3 Å². The number of hydrogen-bond acceptors (Lipinski definition) is 2. The lowest BCUT2D eigenvalue weighted by Gasteiger charge is -2.21. The molecule has 0 aromatic heterocycles. The van der Waals surface area contributed by atoms with Gasteiger partial charge in [-0.1, -0.05) is 44.5 Å². The fraction of sp³-hybridized carbons (Fsp3) is 0.300. The van der Waals surface area contributed by atoms with Crippen LogP contribution in [0.1, 0.15) is 59.5 Å². The minimum Gasteiger partial charge on any atom is -0.321 e. The van der Waals surface area contributed by atoms with Crippen LogP contribution in [-0.4, -0.2) is 11.7 Å². The van der Waals surface area contributed by atoms with Crippen LogP contribution in [0.3, 0.4) is 0 Å². The number of amides is 1. The molecular formula is C20H23NO2. The van der Waals surface area contributed by atoms with Gasteiger partial charge in [-0.3, -0.25) is 9.59 Å². The number of hydrogen-bond donors (Lipinski definition) is 1. The molecule has 2 rings (SSSR count). The lowest BCUT2D eigenvalue weighted by atomic mass is 9.86. The number of nitrogens with one attached hydrogen (secondary N) is 1. The molecule has 2 aromatic carbocycles. The van der Waals surface area contributed by atoms with E-state index in [9.17, 15) is 9.59 Å². The molecule has 1 amide bonds. The van der Waals surface area contributed by atoms with Crippen LogP contribution in [-0.2, 0) is 5.41 Å². The maximum atomic E-state index is 12.5. The lowest BCUT2D eigenvalue weighted by molar-refractivity contribution is 0.101. The van der Waals surface area contributed by atoms with E-state index >= 15 is 0 Å².